The van der Waals surface area contributed by atoms with E-state index in [1.54, 1.807) is 7.11 Å². The summed E-state index contributed by atoms with van der Waals surface area (Å²) in [5.74, 6) is 1.47. The molecule has 0 radical (unpaired) electrons. The summed E-state index contributed by atoms with van der Waals surface area (Å²) >= 11 is 1.50. The average molecular weight is 756 g/mol. The van der Waals surface area contributed by atoms with Gasteiger partial charge in [0.05, 0.1) is 30.5 Å². The summed E-state index contributed by atoms with van der Waals surface area (Å²) < 4.78 is 37.1. The molecular weight excluding hydrogens is 715 g/mol. The van der Waals surface area contributed by atoms with Gasteiger partial charge in [0.25, 0.3) is 0 Å². The van der Waals surface area contributed by atoms with E-state index in [1.807, 2.05) is 56.1 Å². The second kappa shape index (κ2) is 12.0. The zero-order valence-electron chi connectivity index (χ0n) is 30.6. The number of aromatic hydroxyl groups is 1. The molecule has 4 aromatic rings. The first-order valence-corrected chi connectivity index (χ1v) is 19.4. The number of nitrogens with one attached hydrogen (secondary N) is 1. The first kappa shape index (κ1) is 34.1. The summed E-state index contributed by atoms with van der Waals surface area (Å²) in [6, 6.07) is 7.72. The maximum absolute atomic E-state index is 14.7. The summed E-state index contributed by atoms with van der Waals surface area (Å²) in [4.78, 5) is 31.8. The van der Waals surface area contributed by atoms with Crippen molar-refractivity contribution in [3.05, 3.63) is 75.0 Å². The number of aliphatic hydroxyl groups excluding tert-OH is 1. The van der Waals surface area contributed by atoms with Crippen molar-refractivity contribution in [2.45, 2.75) is 74.8 Å². The van der Waals surface area contributed by atoms with Gasteiger partial charge < -0.3 is 38.3 Å². The highest BCUT2D eigenvalue weighted by Gasteiger charge is 2.62. The first-order chi connectivity index (χ1) is 26.1. The van der Waals surface area contributed by atoms with Crippen LogP contribution in [0, 0.1) is 13.8 Å². The van der Waals surface area contributed by atoms with Crippen molar-refractivity contribution < 1.29 is 47.9 Å². The van der Waals surface area contributed by atoms with Crippen molar-refractivity contribution in [3.8, 4) is 28.7 Å². The molecule has 4 bridgehead atoms. The number of ether oxygens (including phenoxy) is 5. The van der Waals surface area contributed by atoms with Crippen molar-refractivity contribution >= 4 is 34.7 Å². The second-order valence-electron chi connectivity index (χ2n) is 15.2. The minimum absolute atomic E-state index is 0.0430. The molecule has 3 N–H and O–H groups in total. The van der Waals surface area contributed by atoms with Gasteiger partial charge in [-0.2, -0.15) is 0 Å². The van der Waals surface area contributed by atoms with Crippen LogP contribution < -0.4 is 24.3 Å². The number of rotatable bonds is 2. The molecule has 7 aliphatic rings. The number of esters is 2. The van der Waals surface area contributed by atoms with Gasteiger partial charge >= 0.3 is 11.9 Å². The summed E-state index contributed by atoms with van der Waals surface area (Å²) in [7, 11) is 3.53. The number of hydrogen-bond donors (Lipinski definition) is 3. The van der Waals surface area contributed by atoms with E-state index < -0.39 is 47.1 Å². The summed E-state index contributed by atoms with van der Waals surface area (Å²) in [6.07, 6.45) is 0.122. The number of aliphatic hydroxyl groups is 1. The fraction of sp³-hybridized carbons (Fsp3) is 0.450. The number of para-hydroxylation sites is 1. The number of benzene rings is 3. The molecule has 11 rings (SSSR count). The highest BCUT2D eigenvalue weighted by atomic mass is 32.2. The van der Waals surface area contributed by atoms with Crippen LogP contribution in [0.3, 0.4) is 0 Å². The molecule has 282 valence electrons. The van der Waals surface area contributed by atoms with Crippen LogP contribution in [0.25, 0.3) is 11.0 Å². The van der Waals surface area contributed by atoms with E-state index in [0.29, 0.717) is 70.4 Å². The Hall–Kier alpha value is -4.47. The number of nitrogens with zero attached hydrogens (tertiary/aromatic N) is 2. The molecule has 54 heavy (non-hydrogen) atoms. The van der Waals surface area contributed by atoms with Crippen LogP contribution in [0.2, 0.25) is 0 Å². The highest BCUT2D eigenvalue weighted by molar-refractivity contribution is 7.99. The van der Waals surface area contributed by atoms with E-state index in [1.165, 1.54) is 18.7 Å². The number of furan rings is 1. The molecule has 3 aromatic carbocycles. The van der Waals surface area contributed by atoms with E-state index in [4.69, 9.17) is 28.1 Å². The standard InChI is InChI=1S/C40H41N3O10S/c1-17-12-20-13-23-38(46)43-24-14-49-39(47)40(37-22(10-11-41-40)21-8-6-7-9-25(21)53-37)15-54-36(30(43)29(42(23)4)26(20)31(45)32(17)48-5)28-27(24)35-34(50-16-51-35)18(2)33(28)52-19(3)44/h6-9,12,23-24,29-30,36,38,41,45-46H,10-11,13-16H2,1-5H3/t23-,24+,29+,30?,36-,38+,40-/m1/s1. The lowest BCUT2D eigenvalue weighted by molar-refractivity contribution is -0.186. The van der Waals surface area contributed by atoms with E-state index in [9.17, 15) is 19.8 Å². The van der Waals surface area contributed by atoms with Gasteiger partial charge in [0.2, 0.25) is 6.79 Å². The normalized spacial score (nSPS) is 29.6. The number of hydrogen-bond acceptors (Lipinski definition) is 14. The lowest BCUT2D eigenvalue weighted by atomic mass is 9.73. The van der Waals surface area contributed by atoms with E-state index in [2.05, 4.69) is 10.2 Å². The highest BCUT2D eigenvalue weighted by Crippen LogP contribution is 2.64. The molecule has 7 atom stereocenters. The number of carbonyl (C=O) groups excluding carboxylic acids is 2. The molecule has 7 aliphatic heterocycles. The molecule has 14 heteroatoms. The van der Waals surface area contributed by atoms with Gasteiger partial charge in [-0.15, -0.1) is 11.8 Å². The molecule has 2 saturated heterocycles. The molecule has 0 aliphatic carbocycles. The number of thioether (sulfide) groups is 1. The van der Waals surface area contributed by atoms with Gasteiger partial charge in [-0.25, -0.2) is 4.79 Å². The minimum atomic E-state index is -1.35. The van der Waals surface area contributed by atoms with Gasteiger partial charge in [-0.3, -0.25) is 19.9 Å². The number of phenolic OH excluding ortho intramolecular Hbond substituents is 1. The zero-order chi connectivity index (χ0) is 37.4. The number of carbonyl (C=O) groups is 2. The molecule has 13 nitrogen and oxygen atoms in total. The Bertz CT molecular complexity index is 2290. The van der Waals surface area contributed by atoms with E-state index in [-0.39, 0.29) is 30.9 Å². The lowest BCUT2D eigenvalue weighted by Crippen LogP contribution is -2.70. The number of phenols is 1. The van der Waals surface area contributed by atoms with Gasteiger partial charge in [-0.05, 0) is 50.9 Å². The second-order valence-corrected chi connectivity index (χ2v) is 16.3. The third kappa shape index (κ3) is 4.42. The zero-order valence-corrected chi connectivity index (χ0v) is 31.4. The fourth-order valence-corrected chi connectivity index (χ4v) is 11.9. The first-order valence-electron chi connectivity index (χ1n) is 18.3. The third-order valence-corrected chi connectivity index (χ3v) is 13.9. The van der Waals surface area contributed by atoms with E-state index in [0.717, 1.165) is 27.6 Å². The monoisotopic (exact) mass is 755 g/mol. The molecule has 1 unspecified atom stereocenters. The van der Waals surface area contributed by atoms with Gasteiger partial charge in [0.15, 0.2) is 28.5 Å². The van der Waals surface area contributed by atoms with Gasteiger partial charge in [-0.1, -0.05) is 24.3 Å². The number of piperazine rings is 1. The van der Waals surface area contributed by atoms with Gasteiger partial charge in [0.1, 0.15) is 29.9 Å². The predicted molar refractivity (Wildman–Crippen MR) is 196 cm³/mol. The molecular formula is C40H41N3O10S. The van der Waals surface area contributed by atoms with E-state index >= 15 is 0 Å². The molecule has 0 saturated carbocycles. The third-order valence-electron chi connectivity index (χ3n) is 12.5. The Morgan fingerprint density at radius 2 is 1.89 bits per heavy atom. The van der Waals surface area contributed by atoms with Crippen molar-refractivity contribution in [1.29, 1.82) is 0 Å². The lowest BCUT2D eigenvalue weighted by Gasteiger charge is -2.62. The quantitative estimate of drug-likeness (QED) is 0.195. The molecule has 2 fully saturated rings. The maximum Gasteiger partial charge on any atom is 0.335 e. The van der Waals surface area contributed by atoms with Crippen LogP contribution >= 0.6 is 11.8 Å². The van der Waals surface area contributed by atoms with Crippen molar-refractivity contribution in [2.24, 2.45) is 0 Å². The van der Waals surface area contributed by atoms with Crippen LogP contribution in [0.4, 0.5) is 0 Å². The SMILES string of the molecule is COc1c(C)cc2c(c1O)[C@H]1C3[C@@H]4SC[C@]5(NCCc6c5oc5ccccc65)C(=O)OC[C@@H](c5c6c(c(C)c(OC(C)=O)c54)OCO6)N3[C@@H](O)[C@@H](C2)N1C. The summed E-state index contributed by atoms with van der Waals surface area (Å²) in [5.41, 5.74) is 4.74. The molecule has 8 heterocycles. The number of methoxy groups -OCH3 is 1. The largest absolute Gasteiger partial charge is 0.504 e. The predicted octanol–water partition coefficient (Wildman–Crippen LogP) is 4.45. The molecule has 0 amide bonds. The molecule has 1 spiro atoms. The van der Waals surface area contributed by atoms with Crippen molar-refractivity contribution in [2.75, 3.05) is 39.9 Å². The molecule has 1 aromatic heterocycles. The minimum Gasteiger partial charge on any atom is -0.504 e. The Balaban J connectivity index is 1.24. The Morgan fingerprint density at radius 1 is 1.09 bits per heavy atom. The Kier molecular flexibility index (Phi) is 7.58. The van der Waals surface area contributed by atoms with Crippen LogP contribution in [0.1, 0.15) is 69.0 Å². The van der Waals surface area contributed by atoms with Crippen molar-refractivity contribution in [1.82, 2.24) is 15.1 Å². The maximum atomic E-state index is 14.7. The van der Waals surface area contributed by atoms with Crippen LogP contribution in [0.15, 0.2) is 34.7 Å². The smallest absolute Gasteiger partial charge is 0.335 e. The Labute approximate surface area is 315 Å². The van der Waals surface area contributed by atoms with Crippen LogP contribution in [-0.4, -0.2) is 90.1 Å². The summed E-state index contributed by atoms with van der Waals surface area (Å²) in [6.45, 7) is 5.44. The number of likely N-dealkylation sites (N-methyl/N-ethyl adjacent to an activating group) is 1. The van der Waals surface area contributed by atoms with Gasteiger partial charge in [0, 0.05) is 58.5 Å². The summed E-state index contributed by atoms with van der Waals surface area (Å²) in [5, 5.41) is 28.5. The number of aryl methyl sites for hydroxylation is 1. The van der Waals surface area contributed by atoms with Crippen LogP contribution in [0.5, 0.6) is 28.7 Å². The Morgan fingerprint density at radius 3 is 2.69 bits per heavy atom. The number of fused-ring (bicyclic) bond motifs is 11. The van der Waals surface area contributed by atoms with Crippen molar-refractivity contribution in [3.63, 3.8) is 0 Å². The van der Waals surface area contributed by atoms with Crippen LogP contribution in [-0.2, 0) is 32.7 Å². The fourth-order valence-electron chi connectivity index (χ4n) is 10.3. The topological polar surface area (TPSA) is 152 Å². The average Bonchev–Trinajstić information content (AvgIpc) is 3.80.